The third-order valence-corrected chi connectivity index (χ3v) is 2.47. The topological polar surface area (TPSA) is 92.4 Å². The fraction of sp³-hybridized carbons (Fsp3) is 0.818. The van der Waals surface area contributed by atoms with Gasteiger partial charge in [0.2, 0.25) is 5.91 Å². The van der Waals surface area contributed by atoms with E-state index in [9.17, 15) is 9.59 Å². The van der Waals surface area contributed by atoms with Gasteiger partial charge >= 0.3 is 5.97 Å². The first kappa shape index (κ1) is 14.9. The third kappa shape index (κ3) is 6.40. The van der Waals surface area contributed by atoms with Crippen LogP contribution in [0.25, 0.3) is 0 Å². The van der Waals surface area contributed by atoms with Crippen molar-refractivity contribution < 1.29 is 14.7 Å². The van der Waals surface area contributed by atoms with Crippen LogP contribution in [0.5, 0.6) is 0 Å². The van der Waals surface area contributed by atoms with Gasteiger partial charge in [-0.25, -0.2) is 0 Å². The van der Waals surface area contributed by atoms with Crippen molar-refractivity contribution in [2.45, 2.75) is 45.6 Å². The van der Waals surface area contributed by atoms with Gasteiger partial charge in [-0.2, -0.15) is 0 Å². The molecule has 0 aromatic heterocycles. The molecule has 0 saturated carbocycles. The van der Waals surface area contributed by atoms with E-state index in [1.165, 1.54) is 0 Å². The quantitative estimate of drug-likeness (QED) is 0.536. The Kier molecular flexibility index (Phi) is 7.54. The second-order valence-electron chi connectivity index (χ2n) is 4.07. The minimum atomic E-state index is -0.797. The van der Waals surface area contributed by atoms with E-state index < -0.39 is 12.0 Å². The maximum Gasteiger partial charge on any atom is 0.306 e. The van der Waals surface area contributed by atoms with Crippen LogP contribution in [0.1, 0.15) is 39.5 Å². The Bertz CT molecular complexity index is 231. The van der Waals surface area contributed by atoms with Crippen molar-refractivity contribution in [2.24, 2.45) is 11.7 Å². The molecule has 0 heterocycles. The molecule has 0 radical (unpaired) electrons. The monoisotopic (exact) mass is 230 g/mol. The summed E-state index contributed by atoms with van der Waals surface area (Å²) in [6.45, 7) is 4.13. The van der Waals surface area contributed by atoms with Crippen LogP contribution in [0.4, 0.5) is 0 Å². The second-order valence-corrected chi connectivity index (χ2v) is 4.07. The van der Waals surface area contributed by atoms with Crippen molar-refractivity contribution in [3.63, 3.8) is 0 Å². The number of aliphatic carboxylic acids is 1. The fourth-order valence-corrected chi connectivity index (χ4v) is 1.32. The number of carboxylic acid groups (broad SMARTS) is 1. The van der Waals surface area contributed by atoms with Crippen molar-refractivity contribution in [3.8, 4) is 0 Å². The summed E-state index contributed by atoms with van der Waals surface area (Å²) in [6.07, 6.45) is 2.79. The molecule has 0 bridgehead atoms. The van der Waals surface area contributed by atoms with Gasteiger partial charge in [-0.05, 0) is 19.3 Å². The van der Waals surface area contributed by atoms with Crippen molar-refractivity contribution >= 4 is 11.9 Å². The Morgan fingerprint density at radius 3 is 2.50 bits per heavy atom. The minimum Gasteiger partial charge on any atom is -0.481 e. The Hall–Kier alpha value is -1.10. The molecule has 5 heteroatoms. The molecule has 1 amide bonds. The Morgan fingerprint density at radius 1 is 1.38 bits per heavy atom. The van der Waals surface area contributed by atoms with Crippen LogP contribution in [-0.2, 0) is 9.59 Å². The summed E-state index contributed by atoms with van der Waals surface area (Å²) in [7, 11) is 0. The normalized spacial score (nSPS) is 14.2. The Labute approximate surface area is 96.4 Å². The van der Waals surface area contributed by atoms with Crippen LogP contribution < -0.4 is 11.1 Å². The maximum atomic E-state index is 11.4. The number of carbonyl (C=O) groups excluding carboxylic acids is 1. The van der Waals surface area contributed by atoms with Crippen molar-refractivity contribution in [1.29, 1.82) is 0 Å². The molecule has 4 N–H and O–H groups in total. The van der Waals surface area contributed by atoms with Crippen molar-refractivity contribution in [3.05, 3.63) is 0 Å². The molecular formula is C11H22N2O3. The van der Waals surface area contributed by atoms with E-state index in [2.05, 4.69) is 5.32 Å². The lowest BCUT2D eigenvalue weighted by Gasteiger charge is -2.11. The van der Waals surface area contributed by atoms with E-state index in [-0.39, 0.29) is 11.8 Å². The number of hydrogen-bond acceptors (Lipinski definition) is 3. The van der Waals surface area contributed by atoms with Crippen LogP contribution >= 0.6 is 0 Å². The molecule has 0 aliphatic carbocycles. The summed E-state index contributed by atoms with van der Waals surface area (Å²) >= 11 is 0. The van der Waals surface area contributed by atoms with E-state index in [0.717, 1.165) is 6.42 Å². The lowest BCUT2D eigenvalue weighted by Crippen LogP contribution is -2.40. The zero-order chi connectivity index (χ0) is 12.6. The average Bonchev–Trinajstić information content (AvgIpc) is 2.23. The summed E-state index contributed by atoms with van der Waals surface area (Å²) in [5.74, 6) is -1.31. The van der Waals surface area contributed by atoms with E-state index in [1.807, 2.05) is 6.92 Å². The fourth-order valence-electron chi connectivity index (χ4n) is 1.32. The molecule has 1 unspecified atom stereocenters. The van der Waals surface area contributed by atoms with Gasteiger partial charge in [0.15, 0.2) is 0 Å². The molecule has 2 atom stereocenters. The molecule has 0 saturated heterocycles. The highest BCUT2D eigenvalue weighted by Crippen LogP contribution is 2.04. The van der Waals surface area contributed by atoms with Gasteiger partial charge in [0.25, 0.3) is 0 Å². The molecule has 16 heavy (non-hydrogen) atoms. The summed E-state index contributed by atoms with van der Waals surface area (Å²) in [4.78, 5) is 21.9. The standard InChI is InChI=1S/C11H22N2O3/c1-3-5-9(12)10(14)13-7-4-6-8(2)11(15)16/h8-9H,3-7,12H2,1-2H3,(H,13,14)(H,15,16)/t8?,9-/m1/s1. The number of nitrogens with one attached hydrogen (secondary N) is 1. The third-order valence-electron chi connectivity index (χ3n) is 2.47. The summed E-state index contributed by atoms with van der Waals surface area (Å²) in [6, 6.07) is -0.443. The maximum absolute atomic E-state index is 11.4. The number of hydrogen-bond donors (Lipinski definition) is 3. The molecule has 5 nitrogen and oxygen atoms in total. The Balaban J connectivity index is 3.58. The van der Waals surface area contributed by atoms with Crippen molar-refractivity contribution in [2.75, 3.05) is 6.54 Å². The zero-order valence-corrected chi connectivity index (χ0v) is 10.0. The minimum absolute atomic E-state index is 0.148. The van der Waals surface area contributed by atoms with Gasteiger partial charge in [0.05, 0.1) is 12.0 Å². The van der Waals surface area contributed by atoms with Gasteiger partial charge < -0.3 is 16.2 Å². The number of nitrogens with two attached hydrogens (primary N) is 1. The molecule has 0 fully saturated rings. The predicted molar refractivity (Wildman–Crippen MR) is 61.9 cm³/mol. The van der Waals surface area contributed by atoms with Gasteiger partial charge in [-0.3, -0.25) is 9.59 Å². The first-order valence-electron chi connectivity index (χ1n) is 5.75. The molecule has 94 valence electrons. The lowest BCUT2D eigenvalue weighted by molar-refractivity contribution is -0.141. The molecule has 0 aliphatic rings. The number of carbonyl (C=O) groups is 2. The first-order chi connectivity index (χ1) is 7.49. The summed E-state index contributed by atoms with van der Waals surface area (Å²) in [5, 5.41) is 11.3. The lowest BCUT2D eigenvalue weighted by atomic mass is 10.1. The predicted octanol–water partition coefficient (Wildman–Crippen LogP) is 0.731. The summed E-state index contributed by atoms with van der Waals surface area (Å²) < 4.78 is 0. The Morgan fingerprint density at radius 2 is 2.00 bits per heavy atom. The van der Waals surface area contributed by atoms with Crippen molar-refractivity contribution in [1.82, 2.24) is 5.32 Å². The molecule has 0 aliphatic heterocycles. The zero-order valence-electron chi connectivity index (χ0n) is 10.0. The van der Waals surface area contributed by atoms with Gasteiger partial charge in [-0.15, -0.1) is 0 Å². The smallest absolute Gasteiger partial charge is 0.306 e. The first-order valence-corrected chi connectivity index (χ1v) is 5.75. The number of carboxylic acids is 1. The summed E-state index contributed by atoms with van der Waals surface area (Å²) in [5.41, 5.74) is 5.61. The number of rotatable bonds is 8. The average molecular weight is 230 g/mol. The van der Waals surface area contributed by atoms with E-state index in [0.29, 0.717) is 25.8 Å². The van der Waals surface area contributed by atoms with Crippen LogP contribution in [0.15, 0.2) is 0 Å². The molecule has 0 aromatic carbocycles. The van der Waals surface area contributed by atoms with E-state index >= 15 is 0 Å². The van der Waals surface area contributed by atoms with Crippen LogP contribution in [-0.4, -0.2) is 29.6 Å². The highest BCUT2D eigenvalue weighted by molar-refractivity contribution is 5.81. The van der Waals surface area contributed by atoms with Crippen LogP contribution in [0.3, 0.4) is 0 Å². The SMILES string of the molecule is CCC[C@@H](N)C(=O)NCCCC(C)C(=O)O. The van der Waals surface area contributed by atoms with Gasteiger partial charge in [0, 0.05) is 6.54 Å². The van der Waals surface area contributed by atoms with Crippen LogP contribution in [0, 0.1) is 5.92 Å². The molecule has 0 aromatic rings. The molecular weight excluding hydrogens is 208 g/mol. The van der Waals surface area contributed by atoms with Gasteiger partial charge in [0.1, 0.15) is 0 Å². The second kappa shape index (κ2) is 8.10. The molecule has 0 spiro atoms. The van der Waals surface area contributed by atoms with Gasteiger partial charge in [-0.1, -0.05) is 20.3 Å². The number of amides is 1. The van der Waals surface area contributed by atoms with E-state index in [4.69, 9.17) is 10.8 Å². The van der Waals surface area contributed by atoms with E-state index in [1.54, 1.807) is 6.92 Å². The molecule has 0 rings (SSSR count). The van der Waals surface area contributed by atoms with Crippen LogP contribution in [0.2, 0.25) is 0 Å². The highest BCUT2D eigenvalue weighted by atomic mass is 16.4. The highest BCUT2D eigenvalue weighted by Gasteiger charge is 2.12. The largest absolute Gasteiger partial charge is 0.481 e.